The van der Waals surface area contributed by atoms with E-state index in [0.717, 1.165) is 10.8 Å². The Morgan fingerprint density at radius 2 is 2.00 bits per heavy atom. The van der Waals surface area contributed by atoms with Gasteiger partial charge in [-0.2, -0.15) is 5.10 Å². The third-order valence-corrected chi connectivity index (χ3v) is 1.71. The summed E-state index contributed by atoms with van der Waals surface area (Å²) < 4.78 is 0. The molecule has 0 spiro atoms. The number of nitrogens with two attached hydrogens (primary N) is 1. The SMILES string of the molecule is C=O.NNc1nncc2ccccc12. The number of hydrogen-bond donors (Lipinski definition) is 2. The second kappa shape index (κ2) is 4.88. The molecule has 5 heteroatoms. The maximum Gasteiger partial charge on any atom is 0.170 e. The van der Waals surface area contributed by atoms with E-state index in [-0.39, 0.29) is 0 Å². The first-order valence-corrected chi connectivity index (χ1v) is 3.88. The number of nitrogens with one attached hydrogen (secondary N) is 1. The minimum absolute atomic E-state index is 0.605. The van der Waals surface area contributed by atoms with Crippen molar-refractivity contribution in [1.82, 2.24) is 10.2 Å². The summed E-state index contributed by atoms with van der Waals surface area (Å²) in [5.41, 5.74) is 2.50. The molecule has 0 unspecified atom stereocenters. The molecule has 1 heterocycles. The first kappa shape index (κ1) is 10.1. The van der Waals surface area contributed by atoms with Crippen LogP contribution in [0.5, 0.6) is 0 Å². The zero-order chi connectivity index (χ0) is 10.4. The van der Waals surface area contributed by atoms with Gasteiger partial charge in [-0.1, -0.05) is 24.3 Å². The molecule has 0 aliphatic rings. The lowest BCUT2D eigenvalue weighted by Gasteiger charge is -2.01. The van der Waals surface area contributed by atoms with E-state index in [1.54, 1.807) is 6.20 Å². The molecule has 14 heavy (non-hydrogen) atoms. The van der Waals surface area contributed by atoms with Gasteiger partial charge in [0.1, 0.15) is 6.79 Å². The number of nitrogens with zero attached hydrogens (tertiary/aromatic N) is 2. The third-order valence-electron chi connectivity index (χ3n) is 1.71. The molecule has 1 aromatic carbocycles. The Hall–Kier alpha value is -2.01. The lowest BCUT2D eigenvalue weighted by molar-refractivity contribution is -0.0979. The summed E-state index contributed by atoms with van der Waals surface area (Å²) in [6, 6.07) is 7.79. The Labute approximate surface area is 80.9 Å². The molecule has 0 aliphatic carbocycles. The predicted octanol–water partition coefficient (Wildman–Crippen LogP) is 0.730. The van der Waals surface area contributed by atoms with Crippen molar-refractivity contribution in [3.8, 4) is 0 Å². The second-order valence-electron chi connectivity index (χ2n) is 2.42. The van der Waals surface area contributed by atoms with E-state index in [4.69, 9.17) is 10.6 Å². The molecule has 0 fully saturated rings. The van der Waals surface area contributed by atoms with Crippen molar-refractivity contribution in [2.24, 2.45) is 5.84 Å². The number of rotatable bonds is 1. The topological polar surface area (TPSA) is 80.9 Å². The first-order chi connectivity index (χ1) is 6.92. The number of fused-ring (bicyclic) bond motifs is 1. The van der Waals surface area contributed by atoms with Crippen LogP contribution in [0.1, 0.15) is 0 Å². The smallest absolute Gasteiger partial charge is 0.170 e. The number of aromatic nitrogens is 2. The summed E-state index contributed by atoms with van der Waals surface area (Å²) in [4.78, 5) is 8.00. The number of carbonyl (C=O) groups excluding carboxylic acids is 1. The molecule has 2 rings (SSSR count). The fraction of sp³-hybridized carbons (Fsp3) is 0. The minimum Gasteiger partial charge on any atom is -0.307 e. The summed E-state index contributed by atoms with van der Waals surface area (Å²) in [5.74, 6) is 5.87. The van der Waals surface area contributed by atoms with Crippen molar-refractivity contribution in [3.05, 3.63) is 30.5 Å². The maximum atomic E-state index is 8.00. The molecule has 0 aliphatic heterocycles. The average molecular weight is 190 g/mol. The van der Waals surface area contributed by atoms with Gasteiger partial charge in [-0.3, -0.25) is 0 Å². The van der Waals surface area contributed by atoms with E-state index >= 15 is 0 Å². The van der Waals surface area contributed by atoms with Crippen LogP contribution in [0.3, 0.4) is 0 Å². The molecule has 0 radical (unpaired) electrons. The summed E-state index contributed by atoms with van der Waals surface area (Å²) >= 11 is 0. The van der Waals surface area contributed by atoms with Gasteiger partial charge in [-0.15, -0.1) is 5.10 Å². The molecule has 3 N–H and O–H groups in total. The standard InChI is InChI=1S/C8H8N4.CH2O/c9-11-8-7-4-2-1-3-6(7)5-10-12-8;1-2/h1-5H,9H2,(H,11,12);1H2. The van der Waals surface area contributed by atoms with Gasteiger partial charge in [0.15, 0.2) is 5.82 Å². The summed E-state index contributed by atoms with van der Waals surface area (Å²) in [6.07, 6.45) is 1.70. The molecule has 0 bridgehead atoms. The zero-order valence-corrected chi connectivity index (χ0v) is 7.47. The first-order valence-electron chi connectivity index (χ1n) is 3.88. The van der Waals surface area contributed by atoms with E-state index in [2.05, 4.69) is 15.6 Å². The van der Waals surface area contributed by atoms with Gasteiger partial charge in [-0.05, 0) is 0 Å². The number of hydrogen-bond acceptors (Lipinski definition) is 5. The summed E-state index contributed by atoms with van der Waals surface area (Å²) in [6.45, 7) is 2.00. The summed E-state index contributed by atoms with van der Waals surface area (Å²) in [7, 11) is 0. The fourth-order valence-electron chi connectivity index (χ4n) is 1.13. The van der Waals surface area contributed by atoms with Crippen LogP contribution in [-0.2, 0) is 4.79 Å². The lowest BCUT2D eigenvalue weighted by Crippen LogP contribution is -2.09. The number of carbonyl (C=O) groups is 1. The van der Waals surface area contributed by atoms with Crippen molar-refractivity contribution in [2.45, 2.75) is 0 Å². The Kier molecular flexibility index (Phi) is 3.51. The average Bonchev–Trinajstić information content (AvgIpc) is 2.31. The quantitative estimate of drug-likeness (QED) is 0.511. The van der Waals surface area contributed by atoms with Crippen molar-refractivity contribution >= 4 is 23.4 Å². The highest BCUT2D eigenvalue weighted by Gasteiger charge is 1.98. The van der Waals surface area contributed by atoms with Crippen LogP contribution in [0.2, 0.25) is 0 Å². The van der Waals surface area contributed by atoms with E-state index in [0.29, 0.717) is 5.82 Å². The Morgan fingerprint density at radius 3 is 2.71 bits per heavy atom. The van der Waals surface area contributed by atoms with Crippen molar-refractivity contribution in [3.63, 3.8) is 0 Å². The van der Waals surface area contributed by atoms with Crippen LogP contribution < -0.4 is 11.3 Å². The fourth-order valence-corrected chi connectivity index (χ4v) is 1.13. The molecule has 2 aromatic rings. The Morgan fingerprint density at radius 1 is 1.29 bits per heavy atom. The van der Waals surface area contributed by atoms with Gasteiger partial charge >= 0.3 is 0 Å². The number of benzene rings is 1. The molecule has 0 amide bonds. The van der Waals surface area contributed by atoms with Crippen molar-refractivity contribution in [1.29, 1.82) is 0 Å². The van der Waals surface area contributed by atoms with Crippen molar-refractivity contribution < 1.29 is 4.79 Å². The number of anilines is 1. The molecular formula is C9H10N4O. The van der Waals surface area contributed by atoms with Crippen LogP contribution in [-0.4, -0.2) is 17.0 Å². The van der Waals surface area contributed by atoms with Crippen LogP contribution in [0.25, 0.3) is 10.8 Å². The summed E-state index contributed by atoms with van der Waals surface area (Å²) in [5, 5.41) is 9.64. The highest BCUT2D eigenvalue weighted by atomic mass is 16.1. The monoisotopic (exact) mass is 190 g/mol. The lowest BCUT2D eigenvalue weighted by atomic mass is 10.2. The van der Waals surface area contributed by atoms with Gasteiger partial charge in [0.25, 0.3) is 0 Å². The second-order valence-corrected chi connectivity index (χ2v) is 2.42. The predicted molar refractivity (Wildman–Crippen MR) is 54.5 cm³/mol. The Bertz CT molecular complexity index is 413. The van der Waals surface area contributed by atoms with Gasteiger partial charge < -0.3 is 10.2 Å². The minimum atomic E-state index is 0.605. The van der Waals surface area contributed by atoms with Crippen LogP contribution in [0, 0.1) is 0 Å². The molecule has 0 atom stereocenters. The number of hydrazine groups is 1. The number of nitrogen functional groups attached to an aromatic ring is 1. The molecular weight excluding hydrogens is 180 g/mol. The molecule has 1 aromatic heterocycles. The highest BCUT2D eigenvalue weighted by molar-refractivity contribution is 5.90. The van der Waals surface area contributed by atoms with Crippen LogP contribution in [0.15, 0.2) is 30.5 Å². The normalized spacial score (nSPS) is 8.93. The van der Waals surface area contributed by atoms with E-state index in [1.165, 1.54) is 0 Å². The van der Waals surface area contributed by atoms with Gasteiger partial charge in [-0.25, -0.2) is 5.84 Å². The zero-order valence-electron chi connectivity index (χ0n) is 7.47. The highest BCUT2D eigenvalue weighted by Crippen LogP contribution is 2.17. The van der Waals surface area contributed by atoms with E-state index < -0.39 is 0 Å². The maximum absolute atomic E-state index is 8.00. The largest absolute Gasteiger partial charge is 0.307 e. The Balaban J connectivity index is 0.000000461. The van der Waals surface area contributed by atoms with Crippen LogP contribution in [0.4, 0.5) is 5.82 Å². The van der Waals surface area contributed by atoms with Gasteiger partial charge in [0.05, 0.1) is 6.20 Å². The molecule has 72 valence electrons. The third kappa shape index (κ3) is 1.83. The molecule has 5 nitrogen and oxygen atoms in total. The van der Waals surface area contributed by atoms with Crippen LogP contribution >= 0.6 is 0 Å². The van der Waals surface area contributed by atoms with Crippen molar-refractivity contribution in [2.75, 3.05) is 5.43 Å². The molecule has 0 saturated heterocycles. The van der Waals surface area contributed by atoms with Gasteiger partial charge in [0.2, 0.25) is 0 Å². The van der Waals surface area contributed by atoms with E-state index in [1.807, 2.05) is 31.1 Å². The van der Waals surface area contributed by atoms with E-state index in [9.17, 15) is 0 Å². The van der Waals surface area contributed by atoms with Gasteiger partial charge in [0, 0.05) is 10.8 Å². The molecule has 0 saturated carbocycles.